The molecule has 4 aromatic rings. The van der Waals surface area contributed by atoms with E-state index in [0.717, 1.165) is 48.1 Å². The molecular weight excluding hydrogens is 370 g/mol. The molecule has 0 bridgehead atoms. The zero-order valence-corrected chi connectivity index (χ0v) is 16.8. The smallest absolute Gasteiger partial charge is 0.0998 e. The van der Waals surface area contributed by atoms with Crippen molar-refractivity contribution in [2.75, 3.05) is 18.1 Å². The summed E-state index contributed by atoms with van der Waals surface area (Å²) in [4.78, 5) is 0. The third kappa shape index (κ3) is 3.42. The second-order valence-corrected chi connectivity index (χ2v) is 7.64. The third-order valence-corrected chi connectivity index (χ3v) is 5.70. The van der Waals surface area contributed by atoms with Gasteiger partial charge in [0.1, 0.15) is 0 Å². The molecular formula is C25H23N5. The minimum absolute atomic E-state index is 0.724. The first-order chi connectivity index (χ1) is 14.8. The number of nitrogens with zero attached hydrogens (tertiary/aromatic N) is 5. The van der Waals surface area contributed by atoms with Crippen LogP contribution in [0.15, 0.2) is 79.1 Å². The average molecular weight is 393 g/mol. The Hall–Kier alpha value is -3.62. The Balaban J connectivity index is 1.46. The van der Waals surface area contributed by atoms with Crippen molar-refractivity contribution < 1.29 is 0 Å². The highest BCUT2D eigenvalue weighted by atomic mass is 15.6. The number of fused-ring (bicyclic) bond motifs is 1. The van der Waals surface area contributed by atoms with Gasteiger partial charge >= 0.3 is 0 Å². The van der Waals surface area contributed by atoms with Crippen molar-refractivity contribution in [1.29, 1.82) is 5.26 Å². The van der Waals surface area contributed by atoms with Crippen LogP contribution in [0.5, 0.6) is 0 Å². The molecule has 0 amide bonds. The summed E-state index contributed by atoms with van der Waals surface area (Å²) in [5.41, 5.74) is 4.14. The summed E-state index contributed by atoms with van der Waals surface area (Å²) in [6, 6.07) is 24.8. The summed E-state index contributed by atoms with van der Waals surface area (Å²) < 4.78 is 1.93. The zero-order valence-electron chi connectivity index (χ0n) is 16.8. The van der Waals surface area contributed by atoms with Crippen molar-refractivity contribution in [3.8, 4) is 11.8 Å². The van der Waals surface area contributed by atoms with E-state index in [0.29, 0.717) is 0 Å². The first-order valence-electron chi connectivity index (χ1n) is 10.4. The highest BCUT2D eigenvalue weighted by Crippen LogP contribution is 2.32. The minimum Gasteiger partial charge on any atom is -0.305 e. The number of hydrogen-bond donors (Lipinski definition) is 0. The lowest BCUT2D eigenvalue weighted by atomic mass is 10.0. The molecule has 0 saturated carbocycles. The lowest BCUT2D eigenvalue weighted by Gasteiger charge is -2.40. The molecule has 5 heteroatoms. The highest BCUT2D eigenvalue weighted by Gasteiger charge is 2.23. The number of rotatable bonds is 4. The minimum atomic E-state index is 0.724. The van der Waals surface area contributed by atoms with Crippen LogP contribution in [-0.2, 0) is 6.54 Å². The number of hydrazine groups is 1. The zero-order chi connectivity index (χ0) is 20.3. The molecule has 0 aliphatic carbocycles. The van der Waals surface area contributed by atoms with E-state index in [1.165, 1.54) is 17.7 Å². The normalized spacial score (nSPS) is 14.7. The van der Waals surface area contributed by atoms with Crippen LogP contribution in [0.25, 0.3) is 16.5 Å². The Morgan fingerprint density at radius 3 is 2.47 bits per heavy atom. The van der Waals surface area contributed by atoms with E-state index < -0.39 is 0 Å². The SMILES string of the molecule is N#Cc1ccc(N2CCCCN2Cc2cnn(-c3ccccc3)c2)c2ccccc12. The Labute approximate surface area is 176 Å². The molecule has 0 atom stereocenters. The van der Waals surface area contributed by atoms with Crippen molar-refractivity contribution in [3.05, 3.63) is 90.3 Å². The molecule has 148 valence electrons. The summed E-state index contributed by atoms with van der Waals surface area (Å²) in [5.74, 6) is 0. The molecule has 1 fully saturated rings. The van der Waals surface area contributed by atoms with Gasteiger partial charge in [-0.3, -0.25) is 0 Å². The molecule has 1 saturated heterocycles. The van der Waals surface area contributed by atoms with Crippen molar-refractivity contribution in [2.24, 2.45) is 0 Å². The van der Waals surface area contributed by atoms with E-state index in [9.17, 15) is 5.26 Å². The fourth-order valence-electron chi connectivity index (χ4n) is 4.24. The second kappa shape index (κ2) is 8.02. The molecule has 3 aromatic carbocycles. The maximum atomic E-state index is 9.50. The summed E-state index contributed by atoms with van der Waals surface area (Å²) in [7, 11) is 0. The molecule has 5 rings (SSSR count). The van der Waals surface area contributed by atoms with E-state index in [1.807, 2.05) is 53.3 Å². The summed E-state index contributed by atoms with van der Waals surface area (Å²) in [5, 5.41) is 21.0. The van der Waals surface area contributed by atoms with Crippen LogP contribution in [0.1, 0.15) is 24.0 Å². The largest absolute Gasteiger partial charge is 0.305 e. The number of nitriles is 1. The van der Waals surface area contributed by atoms with Gasteiger partial charge in [0.2, 0.25) is 0 Å². The standard InChI is InChI=1S/C25H23N5/c26-16-21-12-13-25(24-11-5-4-10-23(21)24)30-15-7-6-14-28(30)18-20-17-27-29(19-20)22-8-2-1-3-9-22/h1-5,8-13,17,19H,6-7,14-15,18H2. The van der Waals surface area contributed by atoms with Gasteiger partial charge in [-0.15, -0.1) is 0 Å². The Kier molecular flexibility index (Phi) is 4.92. The maximum absolute atomic E-state index is 9.50. The molecule has 2 heterocycles. The van der Waals surface area contributed by atoms with Gasteiger partial charge in [0, 0.05) is 42.2 Å². The average Bonchev–Trinajstić information content (AvgIpc) is 3.28. The molecule has 1 aliphatic heterocycles. The van der Waals surface area contributed by atoms with E-state index in [-0.39, 0.29) is 0 Å². The predicted octanol–water partition coefficient (Wildman–Crippen LogP) is 4.91. The van der Waals surface area contributed by atoms with Crippen LogP contribution in [0.2, 0.25) is 0 Å². The molecule has 1 aliphatic rings. The number of benzene rings is 3. The molecule has 5 nitrogen and oxygen atoms in total. The van der Waals surface area contributed by atoms with Crippen molar-refractivity contribution in [2.45, 2.75) is 19.4 Å². The quantitative estimate of drug-likeness (QED) is 0.494. The fraction of sp³-hybridized carbons (Fsp3) is 0.200. The van der Waals surface area contributed by atoms with Crippen LogP contribution >= 0.6 is 0 Å². The highest BCUT2D eigenvalue weighted by molar-refractivity contribution is 5.97. The van der Waals surface area contributed by atoms with E-state index in [4.69, 9.17) is 0 Å². The van der Waals surface area contributed by atoms with Gasteiger partial charge in [-0.1, -0.05) is 42.5 Å². The summed E-state index contributed by atoms with van der Waals surface area (Å²) in [6.45, 7) is 2.79. The summed E-state index contributed by atoms with van der Waals surface area (Å²) >= 11 is 0. The number of para-hydroxylation sites is 1. The van der Waals surface area contributed by atoms with Crippen LogP contribution < -0.4 is 5.01 Å². The van der Waals surface area contributed by atoms with Gasteiger partial charge in [0.15, 0.2) is 0 Å². The number of aromatic nitrogens is 2. The van der Waals surface area contributed by atoms with E-state index in [1.54, 1.807) is 0 Å². The Bertz CT molecular complexity index is 1210. The lowest BCUT2D eigenvalue weighted by molar-refractivity contribution is 0.205. The van der Waals surface area contributed by atoms with E-state index in [2.05, 4.69) is 51.6 Å². The second-order valence-electron chi connectivity index (χ2n) is 7.64. The molecule has 0 unspecified atom stereocenters. The maximum Gasteiger partial charge on any atom is 0.0998 e. The molecule has 0 spiro atoms. The molecule has 30 heavy (non-hydrogen) atoms. The lowest BCUT2D eigenvalue weighted by Crippen LogP contribution is -2.47. The first-order valence-corrected chi connectivity index (χ1v) is 10.4. The fourth-order valence-corrected chi connectivity index (χ4v) is 4.24. The van der Waals surface area contributed by atoms with Crippen LogP contribution in [0.4, 0.5) is 5.69 Å². The van der Waals surface area contributed by atoms with Crippen LogP contribution in [-0.4, -0.2) is 27.9 Å². The number of anilines is 1. The van der Waals surface area contributed by atoms with Gasteiger partial charge < -0.3 is 5.01 Å². The van der Waals surface area contributed by atoms with E-state index >= 15 is 0 Å². The van der Waals surface area contributed by atoms with Gasteiger partial charge in [-0.25, -0.2) is 9.69 Å². The predicted molar refractivity (Wildman–Crippen MR) is 119 cm³/mol. The third-order valence-electron chi connectivity index (χ3n) is 5.70. The molecule has 0 N–H and O–H groups in total. The van der Waals surface area contributed by atoms with Gasteiger partial charge in [0.05, 0.1) is 29.2 Å². The Morgan fingerprint density at radius 1 is 0.867 bits per heavy atom. The van der Waals surface area contributed by atoms with Gasteiger partial charge in [-0.05, 0) is 37.1 Å². The van der Waals surface area contributed by atoms with Crippen LogP contribution in [0, 0.1) is 11.3 Å². The van der Waals surface area contributed by atoms with Crippen molar-refractivity contribution in [1.82, 2.24) is 14.8 Å². The monoisotopic (exact) mass is 393 g/mol. The number of hydrogen-bond acceptors (Lipinski definition) is 4. The first kappa shape index (κ1) is 18.4. The Morgan fingerprint density at radius 2 is 1.63 bits per heavy atom. The van der Waals surface area contributed by atoms with Crippen molar-refractivity contribution in [3.63, 3.8) is 0 Å². The molecule has 1 aromatic heterocycles. The topological polar surface area (TPSA) is 48.1 Å². The van der Waals surface area contributed by atoms with Gasteiger partial charge in [0.25, 0.3) is 0 Å². The summed E-state index contributed by atoms with van der Waals surface area (Å²) in [6.07, 6.45) is 6.40. The molecule has 0 radical (unpaired) electrons. The van der Waals surface area contributed by atoms with Crippen molar-refractivity contribution >= 4 is 16.5 Å². The van der Waals surface area contributed by atoms with Crippen LogP contribution in [0.3, 0.4) is 0 Å². The van der Waals surface area contributed by atoms with Gasteiger partial charge in [-0.2, -0.15) is 10.4 Å².